The lowest BCUT2D eigenvalue weighted by atomic mass is 10.2. The van der Waals surface area contributed by atoms with Gasteiger partial charge in [0.15, 0.2) is 11.8 Å². The number of hydrogen-bond acceptors (Lipinski definition) is 4. The number of rotatable bonds is 6. The van der Waals surface area contributed by atoms with E-state index in [0.717, 1.165) is 41.8 Å². The summed E-state index contributed by atoms with van der Waals surface area (Å²) in [6, 6.07) is 6.12. The van der Waals surface area contributed by atoms with Gasteiger partial charge in [0.1, 0.15) is 0 Å². The van der Waals surface area contributed by atoms with Gasteiger partial charge in [0.05, 0.1) is 12.2 Å². The summed E-state index contributed by atoms with van der Waals surface area (Å²) in [6.07, 6.45) is 4.51. The predicted octanol–water partition coefficient (Wildman–Crippen LogP) is 3.45. The molecule has 6 nitrogen and oxygen atoms in total. The maximum absolute atomic E-state index is 4.69. The SMILES string of the molecule is CCNC(=NCc1ccc(-n2nc(C)cc2C)nc1)NCC1CCCS1.I. The van der Waals surface area contributed by atoms with Crippen LogP contribution in [0.25, 0.3) is 5.82 Å². The van der Waals surface area contributed by atoms with E-state index < -0.39 is 0 Å². The van der Waals surface area contributed by atoms with Gasteiger partial charge in [-0.2, -0.15) is 16.9 Å². The summed E-state index contributed by atoms with van der Waals surface area (Å²) in [7, 11) is 0. The van der Waals surface area contributed by atoms with E-state index in [1.807, 2.05) is 30.8 Å². The van der Waals surface area contributed by atoms with Gasteiger partial charge < -0.3 is 10.6 Å². The first-order valence-corrected chi connectivity index (χ1v) is 10.3. The first-order chi connectivity index (χ1) is 12.7. The monoisotopic (exact) mass is 500 g/mol. The van der Waals surface area contributed by atoms with Gasteiger partial charge in [0.2, 0.25) is 0 Å². The topological polar surface area (TPSA) is 67.1 Å². The van der Waals surface area contributed by atoms with Crippen LogP contribution in [-0.2, 0) is 6.54 Å². The highest BCUT2D eigenvalue weighted by Gasteiger charge is 2.15. The molecule has 1 aliphatic heterocycles. The molecule has 1 atom stereocenters. The van der Waals surface area contributed by atoms with Crippen molar-refractivity contribution >= 4 is 41.7 Å². The zero-order valence-electron chi connectivity index (χ0n) is 16.2. The average molecular weight is 500 g/mol. The van der Waals surface area contributed by atoms with Crippen molar-refractivity contribution in [1.29, 1.82) is 0 Å². The van der Waals surface area contributed by atoms with E-state index in [1.165, 1.54) is 18.6 Å². The first kappa shape index (κ1) is 22.0. The lowest BCUT2D eigenvalue weighted by Gasteiger charge is -2.14. The number of nitrogens with one attached hydrogen (secondary N) is 2. The third kappa shape index (κ3) is 6.38. The van der Waals surface area contributed by atoms with Crippen molar-refractivity contribution in [2.24, 2.45) is 4.99 Å². The Morgan fingerprint density at radius 2 is 2.19 bits per heavy atom. The molecule has 148 valence electrons. The van der Waals surface area contributed by atoms with Crippen molar-refractivity contribution in [3.63, 3.8) is 0 Å². The van der Waals surface area contributed by atoms with Crippen molar-refractivity contribution in [2.75, 3.05) is 18.8 Å². The number of halogens is 1. The third-order valence-electron chi connectivity index (χ3n) is 4.32. The van der Waals surface area contributed by atoms with Crippen LogP contribution in [0.5, 0.6) is 0 Å². The fourth-order valence-corrected chi connectivity index (χ4v) is 4.23. The van der Waals surface area contributed by atoms with Crippen LogP contribution in [-0.4, -0.2) is 44.8 Å². The fraction of sp³-hybridized carbons (Fsp3) is 0.526. The number of thioether (sulfide) groups is 1. The number of aromatic nitrogens is 3. The van der Waals surface area contributed by atoms with Gasteiger partial charge in [-0.25, -0.2) is 14.7 Å². The minimum Gasteiger partial charge on any atom is -0.357 e. The Morgan fingerprint density at radius 3 is 2.78 bits per heavy atom. The van der Waals surface area contributed by atoms with Gasteiger partial charge in [-0.05, 0) is 57.1 Å². The van der Waals surface area contributed by atoms with Crippen LogP contribution in [0.4, 0.5) is 0 Å². The van der Waals surface area contributed by atoms with Crippen molar-refractivity contribution in [3.8, 4) is 5.82 Å². The summed E-state index contributed by atoms with van der Waals surface area (Å²) in [5.74, 6) is 3.00. The molecule has 0 aliphatic carbocycles. The van der Waals surface area contributed by atoms with Gasteiger partial charge in [-0.15, -0.1) is 24.0 Å². The molecule has 2 N–H and O–H groups in total. The highest BCUT2D eigenvalue weighted by atomic mass is 127. The third-order valence-corrected chi connectivity index (χ3v) is 5.72. The van der Waals surface area contributed by atoms with Crippen LogP contribution in [0.2, 0.25) is 0 Å². The molecule has 8 heteroatoms. The van der Waals surface area contributed by atoms with E-state index in [4.69, 9.17) is 4.99 Å². The lowest BCUT2D eigenvalue weighted by molar-refractivity contribution is 0.727. The van der Waals surface area contributed by atoms with Crippen LogP contribution in [0.15, 0.2) is 29.4 Å². The fourth-order valence-electron chi connectivity index (χ4n) is 3.02. The van der Waals surface area contributed by atoms with Crippen LogP contribution in [0.1, 0.15) is 36.7 Å². The van der Waals surface area contributed by atoms with E-state index in [1.54, 1.807) is 0 Å². The van der Waals surface area contributed by atoms with Crippen molar-refractivity contribution in [2.45, 2.75) is 45.4 Å². The Kier molecular flexibility index (Phi) is 8.88. The number of pyridine rings is 1. The molecule has 0 radical (unpaired) electrons. The number of nitrogens with zero attached hydrogens (tertiary/aromatic N) is 4. The van der Waals surface area contributed by atoms with Gasteiger partial charge in [-0.3, -0.25) is 0 Å². The zero-order chi connectivity index (χ0) is 18.4. The Bertz CT molecular complexity index is 737. The van der Waals surface area contributed by atoms with Crippen molar-refractivity contribution < 1.29 is 0 Å². The normalized spacial score (nSPS) is 16.9. The summed E-state index contributed by atoms with van der Waals surface area (Å²) >= 11 is 2.06. The predicted molar refractivity (Wildman–Crippen MR) is 125 cm³/mol. The number of hydrogen-bond donors (Lipinski definition) is 2. The number of aliphatic imine (C=N–C) groups is 1. The molecule has 3 heterocycles. The van der Waals surface area contributed by atoms with Gasteiger partial charge in [0.25, 0.3) is 0 Å². The molecule has 3 rings (SSSR count). The standard InChI is InChI=1S/C19H28N6S.HI/c1-4-20-19(23-13-17-6-5-9-26-17)22-12-16-7-8-18(21-11-16)25-15(3)10-14(2)24-25;/h7-8,10-11,17H,4-6,9,12-13H2,1-3H3,(H2,20,22,23);1H. The minimum absolute atomic E-state index is 0. The molecular formula is C19H29IN6S. The van der Waals surface area contributed by atoms with Crippen LogP contribution < -0.4 is 10.6 Å². The molecule has 0 amide bonds. The summed E-state index contributed by atoms with van der Waals surface area (Å²) < 4.78 is 1.87. The molecule has 27 heavy (non-hydrogen) atoms. The van der Waals surface area contributed by atoms with Gasteiger partial charge >= 0.3 is 0 Å². The zero-order valence-corrected chi connectivity index (χ0v) is 19.4. The van der Waals surface area contributed by atoms with E-state index >= 15 is 0 Å². The van der Waals surface area contributed by atoms with Gasteiger partial charge in [-0.1, -0.05) is 6.07 Å². The van der Waals surface area contributed by atoms with E-state index in [0.29, 0.717) is 11.8 Å². The van der Waals surface area contributed by atoms with Gasteiger partial charge in [0, 0.05) is 30.2 Å². The average Bonchev–Trinajstić information content (AvgIpc) is 3.27. The molecule has 0 saturated carbocycles. The highest BCUT2D eigenvalue weighted by molar-refractivity contribution is 14.0. The lowest BCUT2D eigenvalue weighted by Crippen LogP contribution is -2.40. The second-order valence-electron chi connectivity index (χ2n) is 6.57. The van der Waals surface area contributed by atoms with Crippen molar-refractivity contribution in [3.05, 3.63) is 41.3 Å². The van der Waals surface area contributed by atoms with Crippen molar-refractivity contribution in [1.82, 2.24) is 25.4 Å². The summed E-state index contributed by atoms with van der Waals surface area (Å²) in [5.41, 5.74) is 3.17. The maximum Gasteiger partial charge on any atom is 0.191 e. The Balaban J connectivity index is 0.00000261. The van der Waals surface area contributed by atoms with E-state index in [9.17, 15) is 0 Å². The number of aryl methyl sites for hydroxylation is 2. The van der Waals surface area contributed by atoms with Crippen LogP contribution in [0.3, 0.4) is 0 Å². The van der Waals surface area contributed by atoms with E-state index in [2.05, 4.69) is 51.5 Å². The molecule has 1 fully saturated rings. The Labute approximate surface area is 183 Å². The van der Waals surface area contributed by atoms with E-state index in [-0.39, 0.29) is 24.0 Å². The Hall–Kier alpha value is -1.29. The van der Waals surface area contributed by atoms with Crippen LogP contribution >= 0.6 is 35.7 Å². The molecule has 0 aromatic carbocycles. The quantitative estimate of drug-likeness (QED) is 0.362. The first-order valence-electron chi connectivity index (χ1n) is 9.28. The second-order valence-corrected chi connectivity index (χ2v) is 7.98. The largest absolute Gasteiger partial charge is 0.357 e. The summed E-state index contributed by atoms with van der Waals surface area (Å²) in [6.45, 7) is 8.57. The molecular weight excluding hydrogens is 471 g/mol. The molecule has 1 aliphatic rings. The molecule has 1 unspecified atom stereocenters. The summed E-state index contributed by atoms with van der Waals surface area (Å²) in [5, 5.41) is 12.0. The molecule has 0 spiro atoms. The Morgan fingerprint density at radius 1 is 1.33 bits per heavy atom. The molecule has 2 aromatic heterocycles. The minimum atomic E-state index is 0. The summed E-state index contributed by atoms with van der Waals surface area (Å²) in [4.78, 5) is 9.23. The molecule has 1 saturated heterocycles. The van der Waals surface area contributed by atoms with Crippen LogP contribution in [0, 0.1) is 13.8 Å². The maximum atomic E-state index is 4.69. The second kappa shape index (κ2) is 10.9. The smallest absolute Gasteiger partial charge is 0.191 e. The highest BCUT2D eigenvalue weighted by Crippen LogP contribution is 2.25. The number of guanidine groups is 1. The molecule has 0 bridgehead atoms. The molecule has 2 aromatic rings.